The fraction of sp³-hybridized carbons (Fsp3) is 0.500. The highest BCUT2D eigenvalue weighted by molar-refractivity contribution is 5.52. The number of piperidine rings is 1. The van der Waals surface area contributed by atoms with Crippen molar-refractivity contribution in [2.45, 2.75) is 12.8 Å². The van der Waals surface area contributed by atoms with Gasteiger partial charge in [0.1, 0.15) is 5.82 Å². The van der Waals surface area contributed by atoms with Gasteiger partial charge in [-0.05, 0) is 37.9 Å². The molecule has 0 aliphatic carbocycles. The Labute approximate surface area is 105 Å². The van der Waals surface area contributed by atoms with Crippen molar-refractivity contribution in [2.75, 3.05) is 25.0 Å². The van der Waals surface area contributed by atoms with Crippen LogP contribution in [-0.2, 0) is 0 Å². The summed E-state index contributed by atoms with van der Waals surface area (Å²) in [4.78, 5) is 10.1. The van der Waals surface area contributed by atoms with E-state index >= 15 is 0 Å². The number of nitrogens with zero attached hydrogens (tertiary/aromatic N) is 1. The number of halogens is 1. The molecule has 18 heavy (non-hydrogen) atoms. The summed E-state index contributed by atoms with van der Waals surface area (Å²) in [5.74, 6) is 0.0412. The number of anilines is 1. The fourth-order valence-electron chi connectivity index (χ4n) is 2.10. The van der Waals surface area contributed by atoms with Crippen LogP contribution in [0.2, 0.25) is 0 Å². The van der Waals surface area contributed by atoms with E-state index in [-0.39, 0.29) is 11.4 Å². The number of non-ortho nitro benzene ring substituents is 1. The van der Waals surface area contributed by atoms with Crippen molar-refractivity contribution < 1.29 is 9.31 Å². The minimum absolute atomic E-state index is 0.0933. The van der Waals surface area contributed by atoms with Crippen molar-refractivity contribution in [3.05, 3.63) is 34.1 Å². The van der Waals surface area contributed by atoms with Crippen LogP contribution in [0.3, 0.4) is 0 Å². The van der Waals surface area contributed by atoms with E-state index in [4.69, 9.17) is 0 Å². The molecule has 1 aliphatic heterocycles. The van der Waals surface area contributed by atoms with Crippen LogP contribution in [0, 0.1) is 21.8 Å². The molecule has 2 N–H and O–H groups in total. The van der Waals surface area contributed by atoms with Crippen LogP contribution >= 0.6 is 0 Å². The van der Waals surface area contributed by atoms with E-state index in [0.717, 1.165) is 32.0 Å². The lowest BCUT2D eigenvalue weighted by molar-refractivity contribution is -0.384. The van der Waals surface area contributed by atoms with Gasteiger partial charge in [-0.1, -0.05) is 0 Å². The maximum Gasteiger partial charge on any atom is 0.271 e. The Balaban J connectivity index is 1.99. The number of nitro groups is 1. The Morgan fingerprint density at radius 2 is 2.17 bits per heavy atom. The molecule has 1 aliphatic rings. The average Bonchev–Trinajstić information content (AvgIpc) is 2.38. The SMILES string of the molecule is O=[N+]([O-])c1ccc(F)c(NCC2CCNCC2)c1. The third-order valence-corrected chi connectivity index (χ3v) is 3.20. The van der Waals surface area contributed by atoms with Gasteiger partial charge < -0.3 is 10.6 Å². The van der Waals surface area contributed by atoms with E-state index < -0.39 is 10.7 Å². The first-order valence-electron chi connectivity index (χ1n) is 6.05. The van der Waals surface area contributed by atoms with Gasteiger partial charge in [0, 0.05) is 18.7 Å². The second kappa shape index (κ2) is 5.77. The zero-order chi connectivity index (χ0) is 13.0. The standard InChI is InChI=1S/C12H16FN3O2/c13-11-2-1-10(16(17)18)7-12(11)15-8-9-3-5-14-6-4-9/h1-2,7,9,14-15H,3-6,8H2. The Kier molecular flexibility index (Phi) is 4.09. The second-order valence-electron chi connectivity index (χ2n) is 4.50. The number of nitro benzene ring substituents is 1. The Morgan fingerprint density at radius 3 is 2.83 bits per heavy atom. The summed E-state index contributed by atoms with van der Waals surface area (Å²) in [5.41, 5.74) is 0.118. The molecule has 0 atom stereocenters. The summed E-state index contributed by atoms with van der Waals surface area (Å²) < 4.78 is 13.5. The number of benzene rings is 1. The Hall–Kier alpha value is -1.69. The van der Waals surface area contributed by atoms with E-state index in [2.05, 4.69) is 10.6 Å². The maximum atomic E-state index is 13.5. The Bertz CT molecular complexity index is 433. The van der Waals surface area contributed by atoms with Crippen molar-refractivity contribution in [3.63, 3.8) is 0 Å². The summed E-state index contributed by atoms with van der Waals surface area (Å²) >= 11 is 0. The lowest BCUT2D eigenvalue weighted by Gasteiger charge is -2.23. The summed E-state index contributed by atoms with van der Waals surface area (Å²) in [6.07, 6.45) is 2.09. The molecule has 0 spiro atoms. The Morgan fingerprint density at radius 1 is 1.44 bits per heavy atom. The molecule has 1 saturated heterocycles. The van der Waals surface area contributed by atoms with Crippen molar-refractivity contribution in [1.82, 2.24) is 5.32 Å². The molecule has 98 valence electrons. The van der Waals surface area contributed by atoms with Crippen LogP contribution in [0.15, 0.2) is 18.2 Å². The fourth-order valence-corrected chi connectivity index (χ4v) is 2.10. The van der Waals surface area contributed by atoms with Gasteiger partial charge in [0.05, 0.1) is 10.6 Å². The molecule has 1 fully saturated rings. The predicted molar refractivity (Wildman–Crippen MR) is 67.1 cm³/mol. The van der Waals surface area contributed by atoms with E-state index in [1.54, 1.807) is 0 Å². The lowest BCUT2D eigenvalue weighted by Crippen LogP contribution is -2.31. The molecule has 0 amide bonds. The molecule has 1 aromatic rings. The topological polar surface area (TPSA) is 67.2 Å². The van der Waals surface area contributed by atoms with Gasteiger partial charge in [-0.15, -0.1) is 0 Å². The molecule has 6 heteroatoms. The first-order chi connectivity index (χ1) is 8.66. The van der Waals surface area contributed by atoms with Gasteiger partial charge in [0.25, 0.3) is 5.69 Å². The van der Waals surface area contributed by atoms with Gasteiger partial charge in [0.2, 0.25) is 0 Å². The molecule has 0 aromatic heterocycles. The van der Waals surface area contributed by atoms with Gasteiger partial charge in [-0.3, -0.25) is 10.1 Å². The van der Waals surface area contributed by atoms with E-state index in [1.165, 1.54) is 12.1 Å². The molecule has 1 aromatic carbocycles. The zero-order valence-corrected chi connectivity index (χ0v) is 9.99. The summed E-state index contributed by atoms with van der Waals surface area (Å²) in [6, 6.07) is 3.55. The average molecular weight is 253 g/mol. The highest BCUT2D eigenvalue weighted by atomic mass is 19.1. The smallest absolute Gasteiger partial charge is 0.271 e. The number of rotatable bonds is 4. The molecule has 0 unspecified atom stereocenters. The number of hydrogen-bond donors (Lipinski definition) is 2. The normalized spacial score (nSPS) is 16.5. The highest BCUT2D eigenvalue weighted by Crippen LogP contribution is 2.22. The monoisotopic (exact) mass is 253 g/mol. The van der Waals surface area contributed by atoms with Gasteiger partial charge in [0.15, 0.2) is 0 Å². The van der Waals surface area contributed by atoms with Crippen LogP contribution in [0.4, 0.5) is 15.8 Å². The lowest BCUT2D eigenvalue weighted by atomic mass is 9.98. The number of nitrogens with one attached hydrogen (secondary N) is 2. The van der Waals surface area contributed by atoms with Crippen LogP contribution in [0.1, 0.15) is 12.8 Å². The first-order valence-corrected chi connectivity index (χ1v) is 6.05. The maximum absolute atomic E-state index is 13.5. The van der Waals surface area contributed by atoms with Gasteiger partial charge >= 0.3 is 0 Å². The molecule has 1 heterocycles. The molecule has 5 nitrogen and oxygen atoms in total. The van der Waals surface area contributed by atoms with Crippen LogP contribution in [0.5, 0.6) is 0 Å². The quantitative estimate of drug-likeness (QED) is 0.637. The summed E-state index contributed by atoms with van der Waals surface area (Å²) in [6.45, 7) is 2.60. The summed E-state index contributed by atoms with van der Waals surface area (Å²) in [5, 5.41) is 16.8. The minimum atomic E-state index is -0.519. The second-order valence-corrected chi connectivity index (χ2v) is 4.50. The number of hydrogen-bond acceptors (Lipinski definition) is 4. The molecule has 0 radical (unpaired) electrons. The molecular formula is C12H16FN3O2. The van der Waals surface area contributed by atoms with E-state index in [9.17, 15) is 14.5 Å². The van der Waals surface area contributed by atoms with E-state index in [1.807, 2.05) is 0 Å². The highest BCUT2D eigenvalue weighted by Gasteiger charge is 2.15. The first kappa shape index (κ1) is 12.8. The van der Waals surface area contributed by atoms with Crippen molar-refractivity contribution in [3.8, 4) is 0 Å². The third kappa shape index (κ3) is 3.16. The zero-order valence-electron chi connectivity index (χ0n) is 9.99. The van der Waals surface area contributed by atoms with Gasteiger partial charge in [-0.2, -0.15) is 0 Å². The minimum Gasteiger partial charge on any atom is -0.382 e. The van der Waals surface area contributed by atoms with E-state index in [0.29, 0.717) is 12.5 Å². The molecule has 0 saturated carbocycles. The van der Waals surface area contributed by atoms with Gasteiger partial charge in [-0.25, -0.2) is 4.39 Å². The van der Waals surface area contributed by atoms with Crippen LogP contribution in [0.25, 0.3) is 0 Å². The molecule has 2 rings (SSSR count). The largest absolute Gasteiger partial charge is 0.382 e. The third-order valence-electron chi connectivity index (χ3n) is 3.20. The molecule has 0 bridgehead atoms. The van der Waals surface area contributed by atoms with Crippen LogP contribution < -0.4 is 10.6 Å². The van der Waals surface area contributed by atoms with Crippen molar-refractivity contribution >= 4 is 11.4 Å². The summed E-state index contributed by atoms with van der Waals surface area (Å²) in [7, 11) is 0. The molecular weight excluding hydrogens is 237 g/mol. The van der Waals surface area contributed by atoms with Crippen molar-refractivity contribution in [2.24, 2.45) is 5.92 Å². The van der Waals surface area contributed by atoms with Crippen LogP contribution in [-0.4, -0.2) is 24.6 Å². The predicted octanol–water partition coefficient (Wildman–Crippen LogP) is 2.15. The van der Waals surface area contributed by atoms with Crippen molar-refractivity contribution in [1.29, 1.82) is 0 Å².